The maximum Gasteiger partial charge on any atom is 0.164 e. The third-order valence-corrected chi connectivity index (χ3v) is 11.2. The zero-order valence-corrected chi connectivity index (χ0v) is 30.5. The Bertz CT molecular complexity index is 3520. The first-order valence-electron chi connectivity index (χ1n) is 19.1. The average molecular weight is 730 g/mol. The third kappa shape index (κ3) is 4.74. The molecule has 0 aliphatic heterocycles. The van der Waals surface area contributed by atoms with Crippen molar-refractivity contribution in [1.82, 2.24) is 24.1 Å². The molecule has 8 aromatic carbocycles. The second kappa shape index (κ2) is 12.3. The van der Waals surface area contributed by atoms with Crippen LogP contribution in [0.25, 0.3) is 111 Å². The number of aromatic nitrogens is 5. The van der Waals surface area contributed by atoms with Crippen molar-refractivity contribution in [3.05, 3.63) is 188 Å². The fourth-order valence-corrected chi connectivity index (χ4v) is 8.80. The molecule has 12 aromatic rings. The van der Waals surface area contributed by atoms with Crippen LogP contribution in [0.2, 0.25) is 0 Å². The van der Waals surface area contributed by atoms with Gasteiger partial charge in [0.25, 0.3) is 0 Å². The van der Waals surface area contributed by atoms with Crippen molar-refractivity contribution >= 4 is 65.6 Å². The standard InChI is InChI=1S/C51H31N5O/c1-3-16-32(17-4-1)49-52-50(54-51(53-49)38-24-14-31-45-47(38)36-22-9-12-30-44(36)57-45)37-23-13-27-41-46(37)34-20-7-11-26-40(34)56(41)43-29-15-28-42-48(43)35-21-8-10-25-39(35)55(42)33-18-5-2-6-19-33/h1-31H. The molecule has 0 aliphatic carbocycles. The predicted molar refractivity (Wildman–Crippen MR) is 232 cm³/mol. The van der Waals surface area contributed by atoms with Gasteiger partial charge >= 0.3 is 0 Å². The number of hydrogen-bond acceptors (Lipinski definition) is 4. The van der Waals surface area contributed by atoms with E-state index in [-0.39, 0.29) is 0 Å². The van der Waals surface area contributed by atoms with Gasteiger partial charge in [-0.15, -0.1) is 0 Å². The van der Waals surface area contributed by atoms with Crippen molar-refractivity contribution in [2.45, 2.75) is 0 Å². The Morgan fingerprint density at radius 1 is 0.333 bits per heavy atom. The van der Waals surface area contributed by atoms with Crippen molar-refractivity contribution in [1.29, 1.82) is 0 Å². The number of fused-ring (bicyclic) bond motifs is 9. The highest BCUT2D eigenvalue weighted by molar-refractivity contribution is 6.19. The summed E-state index contributed by atoms with van der Waals surface area (Å²) in [5.74, 6) is 1.81. The van der Waals surface area contributed by atoms with Gasteiger partial charge in [-0.25, -0.2) is 15.0 Å². The van der Waals surface area contributed by atoms with Gasteiger partial charge in [0, 0.05) is 54.7 Å². The van der Waals surface area contributed by atoms with E-state index in [1.165, 1.54) is 16.3 Å². The first-order chi connectivity index (χ1) is 28.3. The molecular formula is C51H31N5O. The maximum absolute atomic E-state index is 6.30. The Morgan fingerprint density at radius 2 is 0.842 bits per heavy atom. The fraction of sp³-hybridized carbons (Fsp3) is 0. The van der Waals surface area contributed by atoms with E-state index in [2.05, 4.69) is 149 Å². The fourth-order valence-electron chi connectivity index (χ4n) is 8.80. The summed E-state index contributed by atoms with van der Waals surface area (Å²) in [7, 11) is 0. The minimum atomic E-state index is 0.593. The van der Waals surface area contributed by atoms with Crippen molar-refractivity contribution in [3.8, 4) is 45.5 Å². The highest BCUT2D eigenvalue weighted by Crippen LogP contribution is 2.43. The lowest BCUT2D eigenvalue weighted by Gasteiger charge is -2.12. The molecule has 0 unspecified atom stereocenters. The number of furan rings is 1. The smallest absolute Gasteiger partial charge is 0.164 e. The highest BCUT2D eigenvalue weighted by atomic mass is 16.3. The maximum atomic E-state index is 6.30. The molecule has 0 atom stereocenters. The first-order valence-corrected chi connectivity index (χ1v) is 19.1. The van der Waals surface area contributed by atoms with Crippen molar-refractivity contribution in [3.63, 3.8) is 0 Å². The van der Waals surface area contributed by atoms with Gasteiger partial charge in [0.2, 0.25) is 0 Å². The van der Waals surface area contributed by atoms with Gasteiger partial charge in [-0.3, -0.25) is 0 Å². The van der Waals surface area contributed by atoms with Gasteiger partial charge in [-0.1, -0.05) is 133 Å². The molecule has 0 radical (unpaired) electrons. The predicted octanol–water partition coefficient (Wildman–Crippen LogP) is 13.0. The van der Waals surface area contributed by atoms with E-state index in [9.17, 15) is 0 Å². The minimum Gasteiger partial charge on any atom is -0.456 e. The normalized spacial score (nSPS) is 11.9. The highest BCUT2D eigenvalue weighted by Gasteiger charge is 2.23. The lowest BCUT2D eigenvalue weighted by molar-refractivity contribution is 0.669. The van der Waals surface area contributed by atoms with Crippen LogP contribution in [-0.4, -0.2) is 24.1 Å². The van der Waals surface area contributed by atoms with Crippen LogP contribution in [0, 0.1) is 0 Å². The molecule has 0 spiro atoms. The molecule has 0 aliphatic rings. The van der Waals surface area contributed by atoms with Gasteiger partial charge < -0.3 is 13.6 Å². The summed E-state index contributed by atoms with van der Waals surface area (Å²) >= 11 is 0. The van der Waals surface area contributed by atoms with E-state index < -0.39 is 0 Å². The molecule has 0 saturated carbocycles. The van der Waals surface area contributed by atoms with Crippen molar-refractivity contribution < 1.29 is 4.42 Å². The minimum absolute atomic E-state index is 0.593. The Balaban J connectivity index is 1.15. The van der Waals surface area contributed by atoms with Crippen LogP contribution in [0.4, 0.5) is 0 Å². The van der Waals surface area contributed by atoms with Crippen LogP contribution in [0.5, 0.6) is 0 Å². The zero-order valence-electron chi connectivity index (χ0n) is 30.5. The topological polar surface area (TPSA) is 61.7 Å². The van der Waals surface area contributed by atoms with Gasteiger partial charge in [-0.2, -0.15) is 0 Å². The number of rotatable bonds is 5. The summed E-state index contributed by atoms with van der Waals surface area (Å²) in [5.41, 5.74) is 11.1. The molecule has 4 aromatic heterocycles. The van der Waals surface area contributed by atoms with Crippen LogP contribution in [0.1, 0.15) is 0 Å². The summed E-state index contributed by atoms with van der Waals surface area (Å²) in [4.78, 5) is 15.7. The first kappa shape index (κ1) is 31.5. The molecule has 0 N–H and O–H groups in total. The van der Waals surface area contributed by atoms with Crippen LogP contribution >= 0.6 is 0 Å². The Hall–Kier alpha value is -7.83. The van der Waals surface area contributed by atoms with E-state index >= 15 is 0 Å². The second-order valence-corrected chi connectivity index (χ2v) is 14.4. The molecule has 0 amide bonds. The molecule has 6 heteroatoms. The molecule has 6 nitrogen and oxygen atoms in total. The van der Waals surface area contributed by atoms with Crippen molar-refractivity contribution in [2.24, 2.45) is 0 Å². The molecular weight excluding hydrogens is 699 g/mol. The summed E-state index contributed by atoms with van der Waals surface area (Å²) in [6, 6.07) is 65.5. The molecule has 12 rings (SSSR count). The summed E-state index contributed by atoms with van der Waals surface area (Å²) < 4.78 is 11.1. The zero-order chi connectivity index (χ0) is 37.5. The summed E-state index contributed by atoms with van der Waals surface area (Å²) in [6.45, 7) is 0. The quantitative estimate of drug-likeness (QED) is 0.177. The van der Waals surface area contributed by atoms with Crippen LogP contribution < -0.4 is 0 Å². The molecule has 0 fully saturated rings. The molecule has 57 heavy (non-hydrogen) atoms. The number of nitrogens with zero attached hydrogens (tertiary/aromatic N) is 5. The molecule has 4 heterocycles. The van der Waals surface area contributed by atoms with E-state index in [1.807, 2.05) is 48.5 Å². The van der Waals surface area contributed by atoms with Gasteiger partial charge in [0.05, 0.1) is 27.8 Å². The van der Waals surface area contributed by atoms with E-state index in [0.29, 0.717) is 17.5 Å². The lowest BCUT2D eigenvalue weighted by Crippen LogP contribution is -2.01. The summed E-state index contributed by atoms with van der Waals surface area (Å²) in [6.07, 6.45) is 0. The monoisotopic (exact) mass is 729 g/mol. The number of para-hydroxylation sites is 4. The largest absolute Gasteiger partial charge is 0.456 e. The molecule has 0 bridgehead atoms. The molecule has 266 valence electrons. The van der Waals surface area contributed by atoms with Crippen LogP contribution in [0.15, 0.2) is 192 Å². The van der Waals surface area contributed by atoms with Gasteiger partial charge in [0.15, 0.2) is 17.5 Å². The number of benzene rings is 8. The Labute approximate surface area is 326 Å². The average Bonchev–Trinajstić information content (AvgIpc) is 3.95. The Morgan fingerprint density at radius 3 is 1.60 bits per heavy atom. The molecule has 0 saturated heterocycles. The van der Waals surface area contributed by atoms with E-state index in [1.54, 1.807) is 0 Å². The van der Waals surface area contributed by atoms with Crippen LogP contribution in [-0.2, 0) is 0 Å². The van der Waals surface area contributed by atoms with Crippen molar-refractivity contribution in [2.75, 3.05) is 0 Å². The Kier molecular flexibility index (Phi) is 6.83. The SMILES string of the molecule is c1ccc(-c2nc(-c3cccc4oc5ccccc5c34)nc(-c3cccc4c3c3ccccc3n4-c3cccc4c3c3ccccc3n4-c3ccccc3)n2)cc1. The number of hydrogen-bond donors (Lipinski definition) is 0. The van der Waals surface area contributed by atoms with E-state index in [4.69, 9.17) is 19.4 Å². The van der Waals surface area contributed by atoms with Crippen LogP contribution in [0.3, 0.4) is 0 Å². The second-order valence-electron chi connectivity index (χ2n) is 14.4. The van der Waals surface area contributed by atoms with Gasteiger partial charge in [-0.05, 0) is 54.6 Å². The van der Waals surface area contributed by atoms with E-state index in [0.717, 1.165) is 77.3 Å². The van der Waals surface area contributed by atoms with Gasteiger partial charge in [0.1, 0.15) is 11.2 Å². The lowest BCUT2D eigenvalue weighted by atomic mass is 10.0. The third-order valence-electron chi connectivity index (χ3n) is 11.2. The summed E-state index contributed by atoms with van der Waals surface area (Å²) in [5, 5.41) is 6.61.